The molecule has 0 atom stereocenters. The van der Waals surface area contributed by atoms with E-state index in [9.17, 15) is 13.2 Å². The maximum absolute atomic E-state index is 12.5. The number of nitrogens with zero attached hydrogens (tertiary/aromatic N) is 2. The first kappa shape index (κ1) is 17.7. The SMILES string of the molecule is I.NC(N)=NCc1csc(-c2ccc(C(F)(F)F)cc2)n1. The second-order valence-electron chi connectivity index (χ2n) is 3.96. The first-order valence-electron chi connectivity index (χ1n) is 5.53. The molecule has 9 heteroatoms. The molecule has 0 radical (unpaired) electrons. The summed E-state index contributed by atoms with van der Waals surface area (Å²) in [6.07, 6.45) is -4.33. The van der Waals surface area contributed by atoms with E-state index in [1.54, 1.807) is 5.38 Å². The molecular weight excluding hydrogens is 416 g/mol. The molecule has 4 nitrogen and oxygen atoms in total. The number of nitrogens with two attached hydrogens (primary N) is 2. The van der Waals surface area contributed by atoms with Gasteiger partial charge in [-0.25, -0.2) is 9.98 Å². The van der Waals surface area contributed by atoms with Crippen molar-refractivity contribution in [3.05, 3.63) is 40.9 Å². The van der Waals surface area contributed by atoms with E-state index in [4.69, 9.17) is 11.5 Å². The average molecular weight is 428 g/mol. The summed E-state index contributed by atoms with van der Waals surface area (Å²) in [5.74, 6) is -0.0333. The van der Waals surface area contributed by atoms with Crippen LogP contribution in [0, 0.1) is 0 Å². The molecule has 0 amide bonds. The van der Waals surface area contributed by atoms with Crippen molar-refractivity contribution in [3.63, 3.8) is 0 Å². The molecule has 1 aromatic carbocycles. The molecule has 0 aliphatic heterocycles. The number of rotatable bonds is 3. The Kier molecular flexibility index (Phi) is 5.96. The highest BCUT2D eigenvalue weighted by atomic mass is 127. The van der Waals surface area contributed by atoms with Crippen molar-refractivity contribution in [2.24, 2.45) is 16.5 Å². The largest absolute Gasteiger partial charge is 0.416 e. The van der Waals surface area contributed by atoms with Gasteiger partial charge in [0.25, 0.3) is 0 Å². The first-order valence-corrected chi connectivity index (χ1v) is 6.41. The fourth-order valence-electron chi connectivity index (χ4n) is 1.49. The van der Waals surface area contributed by atoms with Crippen LogP contribution in [0.1, 0.15) is 11.3 Å². The van der Waals surface area contributed by atoms with Gasteiger partial charge in [0.05, 0.1) is 17.8 Å². The lowest BCUT2D eigenvalue weighted by molar-refractivity contribution is -0.137. The minimum Gasteiger partial charge on any atom is -0.370 e. The van der Waals surface area contributed by atoms with E-state index in [0.717, 1.165) is 12.1 Å². The number of halogens is 4. The molecule has 1 heterocycles. The van der Waals surface area contributed by atoms with Crippen molar-refractivity contribution < 1.29 is 13.2 Å². The van der Waals surface area contributed by atoms with Gasteiger partial charge in [-0.1, -0.05) is 12.1 Å². The van der Waals surface area contributed by atoms with Gasteiger partial charge in [0.2, 0.25) is 0 Å². The molecule has 1 aromatic heterocycles. The van der Waals surface area contributed by atoms with Crippen molar-refractivity contribution in [1.82, 2.24) is 4.98 Å². The number of guanidine groups is 1. The van der Waals surface area contributed by atoms with E-state index in [2.05, 4.69) is 9.98 Å². The Balaban J connectivity index is 0.00000220. The van der Waals surface area contributed by atoms with Crippen molar-refractivity contribution in [1.29, 1.82) is 0 Å². The third-order valence-electron chi connectivity index (χ3n) is 2.43. The molecule has 0 spiro atoms. The Morgan fingerprint density at radius 3 is 2.33 bits per heavy atom. The highest BCUT2D eigenvalue weighted by molar-refractivity contribution is 14.0. The molecule has 0 aliphatic carbocycles. The van der Waals surface area contributed by atoms with Gasteiger partial charge in [-0.05, 0) is 12.1 Å². The number of hydrogen-bond acceptors (Lipinski definition) is 3. The molecule has 2 aromatic rings. The van der Waals surface area contributed by atoms with E-state index >= 15 is 0 Å². The lowest BCUT2D eigenvalue weighted by atomic mass is 10.1. The molecule has 4 N–H and O–H groups in total. The van der Waals surface area contributed by atoms with E-state index in [1.165, 1.54) is 23.5 Å². The lowest BCUT2D eigenvalue weighted by Crippen LogP contribution is -2.22. The number of aliphatic imine (C=N–C) groups is 1. The Morgan fingerprint density at radius 1 is 1.19 bits per heavy atom. The summed E-state index contributed by atoms with van der Waals surface area (Å²) < 4.78 is 37.4. The smallest absolute Gasteiger partial charge is 0.370 e. The van der Waals surface area contributed by atoms with Crippen LogP contribution in [-0.2, 0) is 12.7 Å². The third-order valence-corrected chi connectivity index (χ3v) is 3.37. The summed E-state index contributed by atoms with van der Waals surface area (Å²) in [6.45, 7) is 0.249. The van der Waals surface area contributed by atoms with Crippen molar-refractivity contribution in [2.45, 2.75) is 12.7 Å². The zero-order chi connectivity index (χ0) is 14.8. The molecule has 0 aliphatic rings. The van der Waals surface area contributed by atoms with Crippen LogP contribution in [-0.4, -0.2) is 10.9 Å². The van der Waals surface area contributed by atoms with Crippen molar-refractivity contribution in [3.8, 4) is 10.6 Å². The average Bonchev–Trinajstić information content (AvgIpc) is 2.84. The molecule has 114 valence electrons. The van der Waals surface area contributed by atoms with Gasteiger partial charge in [-0.15, -0.1) is 35.3 Å². The van der Waals surface area contributed by atoms with Gasteiger partial charge < -0.3 is 11.5 Å². The minimum absolute atomic E-state index is 0. The normalized spacial score (nSPS) is 10.8. The second-order valence-corrected chi connectivity index (χ2v) is 4.82. The molecule has 0 saturated heterocycles. The summed E-state index contributed by atoms with van der Waals surface area (Å²) in [4.78, 5) is 8.08. The van der Waals surface area contributed by atoms with E-state index in [1.807, 2.05) is 0 Å². The number of hydrogen-bond donors (Lipinski definition) is 2. The van der Waals surface area contributed by atoms with Crippen LogP contribution in [0.25, 0.3) is 10.6 Å². The fraction of sp³-hybridized carbons (Fsp3) is 0.167. The highest BCUT2D eigenvalue weighted by Gasteiger charge is 2.30. The van der Waals surface area contributed by atoms with Crippen LogP contribution < -0.4 is 11.5 Å². The van der Waals surface area contributed by atoms with Crippen molar-refractivity contribution in [2.75, 3.05) is 0 Å². The number of alkyl halides is 3. The van der Waals surface area contributed by atoms with Crippen molar-refractivity contribution >= 4 is 41.3 Å². The van der Waals surface area contributed by atoms with Crippen LogP contribution in [0.15, 0.2) is 34.6 Å². The number of aromatic nitrogens is 1. The highest BCUT2D eigenvalue weighted by Crippen LogP contribution is 2.31. The summed E-state index contributed by atoms with van der Waals surface area (Å²) in [7, 11) is 0. The topological polar surface area (TPSA) is 77.3 Å². The Hall–Kier alpha value is -1.36. The monoisotopic (exact) mass is 428 g/mol. The van der Waals surface area contributed by atoms with Crippen LogP contribution >= 0.6 is 35.3 Å². The summed E-state index contributed by atoms with van der Waals surface area (Å²) >= 11 is 1.32. The lowest BCUT2D eigenvalue weighted by Gasteiger charge is -2.06. The third kappa shape index (κ3) is 4.84. The molecular formula is C12H12F3IN4S. The Bertz CT molecular complexity index is 618. The molecule has 0 bridgehead atoms. The predicted octanol–water partition coefficient (Wildman–Crippen LogP) is 3.22. The zero-order valence-corrected chi connectivity index (χ0v) is 13.7. The Labute approximate surface area is 140 Å². The van der Waals surface area contributed by atoms with Crippen LogP contribution in [0.3, 0.4) is 0 Å². The van der Waals surface area contributed by atoms with Crippen LogP contribution in [0.5, 0.6) is 0 Å². The quantitative estimate of drug-likeness (QED) is 0.448. The van der Waals surface area contributed by atoms with Gasteiger partial charge in [0, 0.05) is 10.9 Å². The fourth-order valence-corrected chi connectivity index (χ4v) is 2.30. The van der Waals surface area contributed by atoms with Gasteiger partial charge in [-0.3, -0.25) is 0 Å². The molecule has 21 heavy (non-hydrogen) atoms. The van der Waals surface area contributed by atoms with E-state index in [0.29, 0.717) is 16.3 Å². The van der Waals surface area contributed by atoms with Gasteiger partial charge >= 0.3 is 6.18 Å². The van der Waals surface area contributed by atoms with E-state index < -0.39 is 11.7 Å². The summed E-state index contributed by atoms with van der Waals surface area (Å²) in [5.41, 5.74) is 11.0. The van der Waals surface area contributed by atoms with E-state index in [-0.39, 0.29) is 36.5 Å². The maximum atomic E-state index is 12.5. The summed E-state index contributed by atoms with van der Waals surface area (Å²) in [6, 6.07) is 4.86. The number of benzene rings is 1. The zero-order valence-electron chi connectivity index (χ0n) is 10.6. The van der Waals surface area contributed by atoms with Gasteiger partial charge in [0.15, 0.2) is 5.96 Å². The first-order chi connectivity index (χ1) is 9.36. The van der Waals surface area contributed by atoms with Crippen LogP contribution in [0.2, 0.25) is 0 Å². The van der Waals surface area contributed by atoms with Crippen LogP contribution in [0.4, 0.5) is 13.2 Å². The molecule has 0 saturated carbocycles. The van der Waals surface area contributed by atoms with Gasteiger partial charge in [0.1, 0.15) is 5.01 Å². The molecule has 0 unspecified atom stereocenters. The molecule has 2 rings (SSSR count). The standard InChI is InChI=1S/C12H11F3N4S.HI/c13-12(14,15)8-3-1-7(2-4-8)10-19-9(6-20-10)5-18-11(16)17;/h1-4,6H,5H2,(H4,16,17,18);1H. The number of thiazole rings is 1. The van der Waals surface area contributed by atoms with Gasteiger partial charge in [-0.2, -0.15) is 13.2 Å². The predicted molar refractivity (Wildman–Crippen MR) is 87.5 cm³/mol. The molecule has 0 fully saturated rings. The maximum Gasteiger partial charge on any atom is 0.416 e. The Morgan fingerprint density at radius 2 is 1.81 bits per heavy atom. The second kappa shape index (κ2) is 7.07. The summed E-state index contributed by atoms with van der Waals surface area (Å²) in [5, 5.41) is 2.39. The minimum atomic E-state index is -4.33.